The van der Waals surface area contributed by atoms with Crippen LogP contribution in [0.15, 0.2) is 18.2 Å². The van der Waals surface area contributed by atoms with E-state index in [9.17, 15) is 0 Å². The molecular weight excluding hydrogens is 236 g/mol. The highest BCUT2D eigenvalue weighted by Gasteiger charge is 2.04. The molecule has 0 amide bonds. The molecule has 1 aromatic rings. The molecule has 0 aliphatic rings. The van der Waals surface area contributed by atoms with E-state index in [0.717, 1.165) is 35.8 Å². The number of nitrogens with one attached hydrogen (secondary N) is 1. The highest BCUT2D eigenvalue weighted by atomic mass is 35.5. The minimum atomic E-state index is 0.147. The maximum absolute atomic E-state index is 8.88. The maximum Gasteiger partial charge on any atom is 0.0606 e. The number of likely N-dealkylation sites (N-methyl/N-ethyl adjacent to an activating group) is 1. The van der Waals surface area contributed by atoms with Gasteiger partial charge in [-0.2, -0.15) is 0 Å². The second kappa shape index (κ2) is 7.54. The Morgan fingerprint density at radius 1 is 1.41 bits per heavy atom. The summed E-state index contributed by atoms with van der Waals surface area (Å²) in [7, 11) is 1.94. The second-order valence-electron chi connectivity index (χ2n) is 4.10. The summed E-state index contributed by atoms with van der Waals surface area (Å²) in [6.45, 7) is 4.71. The molecule has 0 aromatic heterocycles. The maximum atomic E-state index is 8.88. The standard InChI is InChI=1S/C13H21ClN2O/c1-3-6-15-10-11-4-5-12(9-13(11)14)16(2)7-8-17/h4-5,9,15,17H,3,6-8,10H2,1-2H3. The van der Waals surface area contributed by atoms with Crippen molar-refractivity contribution in [3.63, 3.8) is 0 Å². The largest absolute Gasteiger partial charge is 0.395 e. The third kappa shape index (κ3) is 4.54. The first kappa shape index (κ1) is 14.3. The molecule has 3 nitrogen and oxygen atoms in total. The zero-order valence-electron chi connectivity index (χ0n) is 10.5. The van der Waals surface area contributed by atoms with Gasteiger partial charge in [0.15, 0.2) is 0 Å². The third-order valence-electron chi connectivity index (χ3n) is 2.66. The van der Waals surface area contributed by atoms with Crippen molar-refractivity contribution in [3.05, 3.63) is 28.8 Å². The SMILES string of the molecule is CCCNCc1ccc(N(C)CCO)cc1Cl. The summed E-state index contributed by atoms with van der Waals surface area (Å²) < 4.78 is 0. The second-order valence-corrected chi connectivity index (χ2v) is 4.50. The van der Waals surface area contributed by atoms with E-state index in [-0.39, 0.29) is 6.61 Å². The van der Waals surface area contributed by atoms with Crippen LogP contribution in [0.1, 0.15) is 18.9 Å². The summed E-state index contributed by atoms with van der Waals surface area (Å²) in [6.07, 6.45) is 1.12. The average molecular weight is 257 g/mol. The zero-order chi connectivity index (χ0) is 12.7. The summed E-state index contributed by atoms with van der Waals surface area (Å²) in [5, 5.41) is 13.0. The number of aliphatic hydroxyl groups excluding tert-OH is 1. The summed E-state index contributed by atoms with van der Waals surface area (Å²) >= 11 is 6.22. The van der Waals surface area contributed by atoms with E-state index in [2.05, 4.69) is 12.2 Å². The van der Waals surface area contributed by atoms with E-state index >= 15 is 0 Å². The predicted molar refractivity (Wildman–Crippen MR) is 73.8 cm³/mol. The molecule has 2 N–H and O–H groups in total. The molecule has 1 rings (SSSR count). The fourth-order valence-electron chi connectivity index (χ4n) is 1.60. The number of hydrogen-bond donors (Lipinski definition) is 2. The average Bonchev–Trinajstić information content (AvgIpc) is 2.31. The molecule has 0 saturated carbocycles. The summed E-state index contributed by atoms with van der Waals surface area (Å²) in [5.41, 5.74) is 2.14. The first-order valence-corrected chi connectivity index (χ1v) is 6.38. The van der Waals surface area contributed by atoms with Crippen LogP contribution in [-0.4, -0.2) is 31.9 Å². The number of halogens is 1. The molecule has 0 heterocycles. The van der Waals surface area contributed by atoms with E-state index in [1.165, 1.54) is 0 Å². The van der Waals surface area contributed by atoms with Crippen LogP contribution in [0, 0.1) is 0 Å². The van der Waals surface area contributed by atoms with Gasteiger partial charge in [-0.3, -0.25) is 0 Å². The summed E-state index contributed by atoms with van der Waals surface area (Å²) in [4.78, 5) is 1.98. The van der Waals surface area contributed by atoms with Crippen LogP contribution in [0.3, 0.4) is 0 Å². The fourth-order valence-corrected chi connectivity index (χ4v) is 1.84. The minimum absolute atomic E-state index is 0.147. The molecule has 0 spiro atoms. The summed E-state index contributed by atoms with van der Waals surface area (Å²) in [5.74, 6) is 0. The first-order valence-electron chi connectivity index (χ1n) is 6.00. The highest BCUT2D eigenvalue weighted by molar-refractivity contribution is 6.31. The number of anilines is 1. The Morgan fingerprint density at radius 2 is 2.18 bits per heavy atom. The molecule has 0 fully saturated rings. The Hall–Kier alpha value is -0.770. The molecule has 0 saturated heterocycles. The van der Waals surface area contributed by atoms with Crippen molar-refractivity contribution >= 4 is 17.3 Å². The van der Waals surface area contributed by atoms with Crippen molar-refractivity contribution in [2.75, 3.05) is 31.6 Å². The third-order valence-corrected chi connectivity index (χ3v) is 3.01. The van der Waals surface area contributed by atoms with Crippen molar-refractivity contribution < 1.29 is 5.11 Å². The molecule has 1 aromatic carbocycles. The molecule has 0 unspecified atom stereocenters. The molecule has 0 bridgehead atoms. The predicted octanol–water partition coefficient (Wildman–Crippen LogP) is 2.27. The van der Waals surface area contributed by atoms with Gasteiger partial charge in [0.1, 0.15) is 0 Å². The van der Waals surface area contributed by atoms with Crippen LogP contribution in [0.5, 0.6) is 0 Å². The highest BCUT2D eigenvalue weighted by Crippen LogP contribution is 2.22. The minimum Gasteiger partial charge on any atom is -0.395 e. The van der Waals surface area contributed by atoms with Gasteiger partial charge in [-0.25, -0.2) is 0 Å². The van der Waals surface area contributed by atoms with Crippen LogP contribution >= 0.6 is 11.6 Å². The van der Waals surface area contributed by atoms with Crippen molar-refractivity contribution in [3.8, 4) is 0 Å². The van der Waals surface area contributed by atoms with Gasteiger partial charge in [-0.15, -0.1) is 0 Å². The van der Waals surface area contributed by atoms with E-state index in [4.69, 9.17) is 16.7 Å². The molecule has 0 aliphatic carbocycles. The number of aliphatic hydroxyl groups is 1. The number of nitrogens with zero attached hydrogens (tertiary/aromatic N) is 1. The van der Waals surface area contributed by atoms with Crippen LogP contribution in [-0.2, 0) is 6.54 Å². The molecule has 4 heteroatoms. The van der Waals surface area contributed by atoms with Gasteiger partial charge < -0.3 is 15.3 Å². The van der Waals surface area contributed by atoms with Crippen molar-refractivity contribution in [1.82, 2.24) is 5.32 Å². The van der Waals surface area contributed by atoms with Gasteiger partial charge in [0.05, 0.1) is 6.61 Å². The molecule has 96 valence electrons. The van der Waals surface area contributed by atoms with Crippen molar-refractivity contribution in [2.45, 2.75) is 19.9 Å². The topological polar surface area (TPSA) is 35.5 Å². The van der Waals surface area contributed by atoms with Gasteiger partial charge >= 0.3 is 0 Å². The quantitative estimate of drug-likeness (QED) is 0.735. The van der Waals surface area contributed by atoms with Crippen LogP contribution < -0.4 is 10.2 Å². The lowest BCUT2D eigenvalue weighted by Gasteiger charge is -2.19. The van der Waals surface area contributed by atoms with Gasteiger partial charge in [0.2, 0.25) is 0 Å². The van der Waals surface area contributed by atoms with Crippen molar-refractivity contribution in [2.24, 2.45) is 0 Å². The Kier molecular flexibility index (Phi) is 6.34. The number of rotatable bonds is 7. The molecule has 17 heavy (non-hydrogen) atoms. The molecular formula is C13H21ClN2O. The Balaban J connectivity index is 2.65. The van der Waals surface area contributed by atoms with E-state index in [0.29, 0.717) is 6.54 Å². The molecule has 0 radical (unpaired) electrons. The van der Waals surface area contributed by atoms with Gasteiger partial charge in [0.25, 0.3) is 0 Å². The number of benzene rings is 1. The normalized spacial score (nSPS) is 10.6. The smallest absolute Gasteiger partial charge is 0.0606 e. The monoisotopic (exact) mass is 256 g/mol. The Labute approximate surface area is 108 Å². The molecule has 0 aliphatic heterocycles. The Bertz CT molecular complexity index is 344. The van der Waals surface area contributed by atoms with Crippen molar-refractivity contribution in [1.29, 1.82) is 0 Å². The lowest BCUT2D eigenvalue weighted by Crippen LogP contribution is -2.21. The van der Waals surface area contributed by atoms with E-state index in [1.807, 2.05) is 30.1 Å². The lowest BCUT2D eigenvalue weighted by atomic mass is 10.2. The van der Waals surface area contributed by atoms with Crippen LogP contribution in [0.4, 0.5) is 5.69 Å². The van der Waals surface area contributed by atoms with Gasteiger partial charge in [-0.1, -0.05) is 24.6 Å². The fraction of sp³-hybridized carbons (Fsp3) is 0.538. The molecule has 0 atom stereocenters. The van der Waals surface area contributed by atoms with E-state index < -0.39 is 0 Å². The first-order chi connectivity index (χ1) is 8.19. The Morgan fingerprint density at radius 3 is 2.76 bits per heavy atom. The zero-order valence-corrected chi connectivity index (χ0v) is 11.3. The van der Waals surface area contributed by atoms with Gasteiger partial charge in [0, 0.05) is 30.8 Å². The summed E-state index contributed by atoms with van der Waals surface area (Å²) in [6, 6.07) is 6.01. The van der Waals surface area contributed by atoms with Gasteiger partial charge in [-0.05, 0) is 30.7 Å². The lowest BCUT2D eigenvalue weighted by molar-refractivity contribution is 0.304. The number of hydrogen-bond acceptors (Lipinski definition) is 3. The van der Waals surface area contributed by atoms with Crippen LogP contribution in [0.2, 0.25) is 5.02 Å². The van der Waals surface area contributed by atoms with E-state index in [1.54, 1.807) is 0 Å². The van der Waals surface area contributed by atoms with Crippen LogP contribution in [0.25, 0.3) is 0 Å².